The summed E-state index contributed by atoms with van der Waals surface area (Å²) in [5.74, 6) is 0.976. The molecule has 4 aromatic rings. The van der Waals surface area contributed by atoms with Gasteiger partial charge in [-0.3, -0.25) is 9.48 Å². The van der Waals surface area contributed by atoms with E-state index in [9.17, 15) is 9.90 Å². The summed E-state index contributed by atoms with van der Waals surface area (Å²) in [6.45, 7) is 1.40. The van der Waals surface area contributed by atoms with E-state index in [0.29, 0.717) is 41.4 Å². The average molecular weight is 475 g/mol. The summed E-state index contributed by atoms with van der Waals surface area (Å²) in [7, 11) is 1.53. The maximum absolute atomic E-state index is 11.6. The third-order valence-corrected chi connectivity index (χ3v) is 6.00. The monoisotopic (exact) mass is 474 g/mol. The summed E-state index contributed by atoms with van der Waals surface area (Å²) >= 11 is 0. The Morgan fingerprint density at radius 3 is 2.83 bits per heavy atom. The Morgan fingerprint density at radius 2 is 2.03 bits per heavy atom. The van der Waals surface area contributed by atoms with Crippen molar-refractivity contribution in [3.8, 4) is 11.8 Å². The molecule has 0 radical (unpaired) electrons. The van der Waals surface area contributed by atoms with Gasteiger partial charge in [-0.25, -0.2) is 15.0 Å². The molecule has 0 fully saturated rings. The minimum absolute atomic E-state index is 0.147. The van der Waals surface area contributed by atoms with E-state index in [4.69, 9.17) is 14.5 Å². The van der Waals surface area contributed by atoms with Crippen molar-refractivity contribution in [3.05, 3.63) is 65.6 Å². The van der Waals surface area contributed by atoms with Crippen LogP contribution in [0.5, 0.6) is 11.8 Å². The van der Waals surface area contributed by atoms with Crippen molar-refractivity contribution in [1.82, 2.24) is 24.7 Å². The summed E-state index contributed by atoms with van der Waals surface area (Å²) in [5.41, 5.74) is 4.27. The van der Waals surface area contributed by atoms with Crippen molar-refractivity contribution in [2.75, 3.05) is 25.6 Å². The van der Waals surface area contributed by atoms with E-state index in [2.05, 4.69) is 26.4 Å². The van der Waals surface area contributed by atoms with Gasteiger partial charge in [0.1, 0.15) is 11.3 Å². The number of ether oxygens (including phenoxy) is 2. The molecule has 2 N–H and O–H groups in total. The second-order valence-electron chi connectivity index (χ2n) is 8.33. The number of nitrogens with one attached hydrogen (secondary N) is 1. The molecule has 0 aromatic carbocycles. The van der Waals surface area contributed by atoms with Gasteiger partial charge in [0, 0.05) is 37.0 Å². The number of carboxylic acids is 1. The summed E-state index contributed by atoms with van der Waals surface area (Å²) in [4.78, 5) is 25.0. The van der Waals surface area contributed by atoms with Crippen LogP contribution in [0.1, 0.15) is 35.7 Å². The number of anilines is 1. The van der Waals surface area contributed by atoms with Crippen molar-refractivity contribution in [1.29, 1.82) is 0 Å². The number of carbonyl (C=O) groups is 1. The van der Waals surface area contributed by atoms with Crippen LogP contribution >= 0.6 is 0 Å². The van der Waals surface area contributed by atoms with Gasteiger partial charge >= 0.3 is 5.97 Å². The quantitative estimate of drug-likeness (QED) is 0.376. The zero-order valence-electron chi connectivity index (χ0n) is 19.3. The first-order chi connectivity index (χ1) is 17.1. The summed E-state index contributed by atoms with van der Waals surface area (Å²) in [6, 6.07) is 10.8. The molecule has 0 amide bonds. The number of hydrogen-bond donors (Lipinski definition) is 2. The number of aliphatic carboxylic acids is 1. The van der Waals surface area contributed by atoms with E-state index in [1.165, 1.54) is 12.7 Å². The van der Waals surface area contributed by atoms with Gasteiger partial charge in [0.2, 0.25) is 11.8 Å². The lowest BCUT2D eigenvalue weighted by atomic mass is 10.1. The zero-order chi connectivity index (χ0) is 24.2. The Hall–Kier alpha value is -4.21. The van der Waals surface area contributed by atoms with Crippen LogP contribution < -0.4 is 14.8 Å². The van der Waals surface area contributed by atoms with E-state index in [-0.39, 0.29) is 6.42 Å². The standard InChI is InChI=1S/C25H26N6O4/c1-34-22-8-5-17(14-27-22)21(13-24(32)33)31-20-7-9-23(30-19(20)15-28-31)35-12-10-18-6-4-16-3-2-11-26-25(16)29-18/h4-9,14-15,21H,2-3,10-13H2,1H3,(H,26,29)(H,32,33). The summed E-state index contributed by atoms with van der Waals surface area (Å²) < 4.78 is 12.6. The second-order valence-corrected chi connectivity index (χ2v) is 8.33. The minimum Gasteiger partial charge on any atom is -0.481 e. The smallest absolute Gasteiger partial charge is 0.305 e. The van der Waals surface area contributed by atoms with E-state index >= 15 is 0 Å². The van der Waals surface area contributed by atoms with Crippen LogP contribution in [0.25, 0.3) is 11.0 Å². The number of hydrogen-bond acceptors (Lipinski definition) is 8. The van der Waals surface area contributed by atoms with Crippen molar-refractivity contribution >= 4 is 22.8 Å². The van der Waals surface area contributed by atoms with E-state index < -0.39 is 12.0 Å². The van der Waals surface area contributed by atoms with Gasteiger partial charge in [-0.05, 0) is 42.2 Å². The fraction of sp³-hybridized carbons (Fsp3) is 0.320. The van der Waals surface area contributed by atoms with Crippen LogP contribution in [0.3, 0.4) is 0 Å². The number of pyridine rings is 3. The van der Waals surface area contributed by atoms with Gasteiger partial charge < -0.3 is 19.9 Å². The molecule has 1 aliphatic rings. The molecule has 10 heteroatoms. The van der Waals surface area contributed by atoms with Gasteiger partial charge in [-0.2, -0.15) is 5.10 Å². The fourth-order valence-electron chi connectivity index (χ4n) is 4.23. The topological polar surface area (TPSA) is 124 Å². The van der Waals surface area contributed by atoms with Crippen molar-refractivity contribution in [2.24, 2.45) is 0 Å². The maximum atomic E-state index is 11.6. The number of aromatic nitrogens is 5. The summed E-state index contributed by atoms with van der Waals surface area (Å²) in [6.07, 6.45) is 5.94. The highest BCUT2D eigenvalue weighted by molar-refractivity contribution is 5.76. The Morgan fingerprint density at radius 1 is 1.14 bits per heavy atom. The molecular weight excluding hydrogens is 448 g/mol. The van der Waals surface area contributed by atoms with Crippen LogP contribution in [-0.4, -0.2) is 56.1 Å². The van der Waals surface area contributed by atoms with Crippen molar-refractivity contribution < 1.29 is 19.4 Å². The number of fused-ring (bicyclic) bond motifs is 2. The highest BCUT2D eigenvalue weighted by Gasteiger charge is 2.22. The highest BCUT2D eigenvalue weighted by Crippen LogP contribution is 2.27. The first-order valence-corrected chi connectivity index (χ1v) is 11.5. The number of methoxy groups -OCH3 is 1. The van der Waals surface area contributed by atoms with Gasteiger partial charge in [-0.15, -0.1) is 0 Å². The Labute approximate surface area is 202 Å². The molecule has 0 saturated heterocycles. The van der Waals surface area contributed by atoms with Gasteiger partial charge in [-0.1, -0.05) is 6.07 Å². The normalized spacial score (nSPS) is 13.6. The van der Waals surface area contributed by atoms with Crippen LogP contribution in [-0.2, 0) is 17.6 Å². The SMILES string of the molecule is COc1ccc(C(CC(=O)O)n2ncc3nc(OCCc4ccc5c(n4)NCCC5)ccc32)cn1. The molecule has 0 aliphatic carbocycles. The van der Waals surface area contributed by atoms with Crippen LogP contribution in [0.15, 0.2) is 48.8 Å². The molecule has 4 aromatic heterocycles. The van der Waals surface area contributed by atoms with E-state index in [1.54, 1.807) is 35.3 Å². The predicted molar refractivity (Wildman–Crippen MR) is 129 cm³/mol. The fourth-order valence-corrected chi connectivity index (χ4v) is 4.23. The number of carboxylic acid groups (broad SMARTS) is 1. The molecule has 35 heavy (non-hydrogen) atoms. The molecule has 5 heterocycles. The molecule has 10 nitrogen and oxygen atoms in total. The van der Waals surface area contributed by atoms with Crippen LogP contribution in [0, 0.1) is 0 Å². The maximum Gasteiger partial charge on any atom is 0.305 e. The van der Waals surface area contributed by atoms with Gasteiger partial charge in [0.25, 0.3) is 0 Å². The zero-order valence-corrected chi connectivity index (χ0v) is 19.3. The third-order valence-electron chi connectivity index (χ3n) is 6.00. The number of nitrogens with zero attached hydrogens (tertiary/aromatic N) is 5. The first-order valence-electron chi connectivity index (χ1n) is 11.5. The molecule has 0 spiro atoms. The van der Waals surface area contributed by atoms with Gasteiger partial charge in [0.05, 0.1) is 37.9 Å². The Bertz CT molecular complexity index is 1340. The summed E-state index contributed by atoms with van der Waals surface area (Å²) in [5, 5.41) is 17.3. The van der Waals surface area contributed by atoms with Crippen LogP contribution in [0.4, 0.5) is 5.82 Å². The van der Waals surface area contributed by atoms with Crippen LogP contribution in [0.2, 0.25) is 0 Å². The molecular formula is C25H26N6O4. The minimum atomic E-state index is -0.937. The van der Waals surface area contributed by atoms with E-state index in [1.807, 2.05) is 12.1 Å². The number of aryl methyl sites for hydroxylation is 1. The predicted octanol–water partition coefficient (Wildman–Crippen LogP) is 3.27. The van der Waals surface area contributed by atoms with Crippen molar-refractivity contribution in [2.45, 2.75) is 31.7 Å². The highest BCUT2D eigenvalue weighted by atomic mass is 16.5. The average Bonchev–Trinajstić information content (AvgIpc) is 3.30. The Balaban J connectivity index is 1.30. The largest absolute Gasteiger partial charge is 0.481 e. The third kappa shape index (κ3) is 5.01. The molecule has 1 aliphatic heterocycles. The lowest BCUT2D eigenvalue weighted by molar-refractivity contribution is -0.137. The molecule has 0 saturated carbocycles. The Kier molecular flexibility index (Phi) is 6.42. The molecule has 0 bridgehead atoms. The molecule has 180 valence electrons. The molecule has 1 atom stereocenters. The second kappa shape index (κ2) is 9.96. The number of rotatable bonds is 9. The first kappa shape index (κ1) is 22.6. The molecule has 1 unspecified atom stereocenters. The lowest BCUT2D eigenvalue weighted by Gasteiger charge is -2.17. The molecule has 5 rings (SSSR count). The lowest BCUT2D eigenvalue weighted by Crippen LogP contribution is -2.16. The van der Waals surface area contributed by atoms with Gasteiger partial charge in [0.15, 0.2) is 0 Å². The van der Waals surface area contributed by atoms with E-state index in [0.717, 1.165) is 30.9 Å². The van der Waals surface area contributed by atoms with Crippen molar-refractivity contribution in [3.63, 3.8) is 0 Å².